The van der Waals surface area contributed by atoms with E-state index in [4.69, 9.17) is 11.6 Å². The molecule has 6 nitrogen and oxygen atoms in total. The number of sulfonamides is 1. The third-order valence-electron chi connectivity index (χ3n) is 4.45. The van der Waals surface area contributed by atoms with E-state index in [1.807, 2.05) is 0 Å². The lowest BCUT2D eigenvalue weighted by Crippen LogP contribution is -2.14. The SMILES string of the molecule is CC(C)c1cc(NS(=O)(=O)c2ccccc2)cc(S(=O)(=O)c2ccc(Cl)cc2)c1O. The summed E-state index contributed by atoms with van der Waals surface area (Å²) in [6, 6.07) is 15.8. The van der Waals surface area contributed by atoms with Crippen molar-refractivity contribution in [2.24, 2.45) is 0 Å². The maximum absolute atomic E-state index is 13.1. The molecule has 0 bridgehead atoms. The van der Waals surface area contributed by atoms with E-state index in [1.165, 1.54) is 42.5 Å². The Hall–Kier alpha value is -2.55. The van der Waals surface area contributed by atoms with Crippen LogP contribution in [0.1, 0.15) is 25.3 Å². The van der Waals surface area contributed by atoms with E-state index in [0.717, 1.165) is 6.07 Å². The molecule has 3 rings (SSSR count). The van der Waals surface area contributed by atoms with Crippen LogP contribution in [-0.2, 0) is 19.9 Å². The molecule has 0 aliphatic rings. The minimum Gasteiger partial charge on any atom is -0.506 e. The molecule has 0 aromatic heterocycles. The van der Waals surface area contributed by atoms with Gasteiger partial charge in [0.2, 0.25) is 9.84 Å². The largest absolute Gasteiger partial charge is 0.506 e. The van der Waals surface area contributed by atoms with E-state index >= 15 is 0 Å². The lowest BCUT2D eigenvalue weighted by molar-refractivity contribution is 0.448. The first-order valence-corrected chi connectivity index (χ1v) is 12.3. The van der Waals surface area contributed by atoms with Gasteiger partial charge in [-0.25, -0.2) is 16.8 Å². The number of halogens is 1. The van der Waals surface area contributed by atoms with E-state index in [1.54, 1.807) is 32.0 Å². The topological polar surface area (TPSA) is 101 Å². The van der Waals surface area contributed by atoms with Gasteiger partial charge in [-0.2, -0.15) is 0 Å². The fraction of sp³-hybridized carbons (Fsp3) is 0.143. The van der Waals surface area contributed by atoms with Gasteiger partial charge in [-0.3, -0.25) is 4.72 Å². The molecule has 0 saturated heterocycles. The lowest BCUT2D eigenvalue weighted by atomic mass is 10.0. The van der Waals surface area contributed by atoms with Crippen molar-refractivity contribution in [2.45, 2.75) is 34.5 Å². The summed E-state index contributed by atoms with van der Waals surface area (Å²) < 4.78 is 54.1. The van der Waals surface area contributed by atoms with Crippen LogP contribution in [0, 0.1) is 0 Å². The van der Waals surface area contributed by atoms with Crippen molar-refractivity contribution in [1.82, 2.24) is 0 Å². The van der Waals surface area contributed by atoms with Crippen LogP contribution in [-0.4, -0.2) is 21.9 Å². The first kappa shape index (κ1) is 22.1. The number of phenolic OH excluding ortho intramolecular Hbond substituents is 1. The molecule has 0 amide bonds. The van der Waals surface area contributed by atoms with Crippen LogP contribution in [0.3, 0.4) is 0 Å². The number of benzene rings is 3. The zero-order chi connectivity index (χ0) is 22.1. The highest BCUT2D eigenvalue weighted by Crippen LogP contribution is 2.38. The Morgan fingerprint density at radius 3 is 2.03 bits per heavy atom. The van der Waals surface area contributed by atoms with Gasteiger partial charge in [-0.05, 0) is 60.0 Å². The Kier molecular flexibility index (Phi) is 6.12. The molecular weight excluding hydrogens is 446 g/mol. The zero-order valence-corrected chi connectivity index (χ0v) is 18.6. The van der Waals surface area contributed by atoms with Crippen LogP contribution in [0.25, 0.3) is 0 Å². The first-order chi connectivity index (χ1) is 14.0. The maximum atomic E-state index is 13.1. The first-order valence-electron chi connectivity index (χ1n) is 8.98. The smallest absolute Gasteiger partial charge is 0.261 e. The van der Waals surface area contributed by atoms with Crippen LogP contribution in [0.2, 0.25) is 5.02 Å². The Morgan fingerprint density at radius 1 is 0.867 bits per heavy atom. The number of anilines is 1. The molecule has 0 heterocycles. The molecule has 0 unspecified atom stereocenters. The van der Waals surface area contributed by atoms with Crippen LogP contribution >= 0.6 is 11.6 Å². The monoisotopic (exact) mass is 465 g/mol. The molecule has 3 aromatic carbocycles. The standard InChI is InChI=1S/C21H20ClNO5S2/c1-14(2)19-12-16(23-30(27,28)18-6-4-3-5-7-18)13-20(21(19)24)29(25,26)17-10-8-15(22)9-11-17/h3-14,23-24H,1-2H3. The predicted molar refractivity (Wildman–Crippen MR) is 116 cm³/mol. The summed E-state index contributed by atoms with van der Waals surface area (Å²) in [6.45, 7) is 3.53. The summed E-state index contributed by atoms with van der Waals surface area (Å²) in [5.74, 6) is -0.673. The Bertz CT molecular complexity index is 1270. The summed E-state index contributed by atoms with van der Waals surface area (Å²) in [5.41, 5.74) is 0.337. The summed E-state index contributed by atoms with van der Waals surface area (Å²) in [6.07, 6.45) is 0. The van der Waals surface area contributed by atoms with Crippen LogP contribution in [0.5, 0.6) is 5.75 Å². The number of sulfone groups is 1. The minimum absolute atomic E-state index is 0.0336. The maximum Gasteiger partial charge on any atom is 0.261 e. The average Bonchev–Trinajstić information content (AvgIpc) is 2.69. The second-order valence-electron chi connectivity index (χ2n) is 6.94. The molecule has 158 valence electrons. The van der Waals surface area contributed by atoms with Gasteiger partial charge >= 0.3 is 0 Å². The normalized spacial score (nSPS) is 12.1. The van der Waals surface area contributed by atoms with Crippen LogP contribution < -0.4 is 4.72 Å². The van der Waals surface area contributed by atoms with Crippen molar-refractivity contribution in [3.05, 3.63) is 77.3 Å². The van der Waals surface area contributed by atoms with Gasteiger partial charge in [0.25, 0.3) is 10.0 Å². The molecule has 9 heteroatoms. The van der Waals surface area contributed by atoms with E-state index in [0.29, 0.717) is 10.6 Å². The molecule has 2 N–H and O–H groups in total. The van der Waals surface area contributed by atoms with Gasteiger partial charge in [-0.1, -0.05) is 43.6 Å². The third kappa shape index (κ3) is 4.45. The van der Waals surface area contributed by atoms with Crippen molar-refractivity contribution in [2.75, 3.05) is 4.72 Å². The van der Waals surface area contributed by atoms with Gasteiger partial charge in [0.15, 0.2) is 0 Å². The van der Waals surface area contributed by atoms with Gasteiger partial charge < -0.3 is 5.11 Å². The highest BCUT2D eigenvalue weighted by atomic mass is 35.5. The summed E-state index contributed by atoms with van der Waals surface area (Å²) in [5, 5.41) is 11.0. The van der Waals surface area contributed by atoms with Gasteiger partial charge in [0.05, 0.1) is 15.5 Å². The van der Waals surface area contributed by atoms with E-state index in [-0.39, 0.29) is 26.3 Å². The number of aromatic hydroxyl groups is 1. The third-order valence-corrected chi connectivity index (χ3v) is 7.88. The average molecular weight is 466 g/mol. The number of hydrogen-bond acceptors (Lipinski definition) is 5. The zero-order valence-electron chi connectivity index (χ0n) is 16.2. The molecule has 0 spiro atoms. The molecule has 3 aromatic rings. The molecule has 30 heavy (non-hydrogen) atoms. The summed E-state index contributed by atoms with van der Waals surface area (Å²) in [7, 11) is -8.07. The summed E-state index contributed by atoms with van der Waals surface area (Å²) in [4.78, 5) is -0.423. The van der Waals surface area contributed by atoms with Crippen molar-refractivity contribution in [3.63, 3.8) is 0 Å². The van der Waals surface area contributed by atoms with Crippen molar-refractivity contribution in [1.29, 1.82) is 0 Å². The van der Waals surface area contributed by atoms with Gasteiger partial charge in [-0.15, -0.1) is 0 Å². The van der Waals surface area contributed by atoms with Crippen LogP contribution in [0.15, 0.2) is 81.4 Å². The van der Waals surface area contributed by atoms with Crippen molar-refractivity contribution >= 4 is 37.1 Å². The second kappa shape index (κ2) is 8.29. The molecular formula is C21H20ClNO5S2. The molecule has 0 fully saturated rings. The molecule has 0 radical (unpaired) electrons. The highest BCUT2D eigenvalue weighted by molar-refractivity contribution is 7.92. The predicted octanol–water partition coefficient (Wildman–Crippen LogP) is 4.80. The quantitative estimate of drug-likeness (QED) is 0.509. The number of rotatable bonds is 6. The summed E-state index contributed by atoms with van der Waals surface area (Å²) >= 11 is 5.84. The minimum atomic E-state index is -4.13. The van der Waals surface area contributed by atoms with E-state index < -0.39 is 25.6 Å². The number of nitrogens with one attached hydrogen (secondary N) is 1. The Morgan fingerprint density at radius 2 is 1.47 bits per heavy atom. The lowest BCUT2D eigenvalue weighted by Gasteiger charge is -2.17. The van der Waals surface area contributed by atoms with Crippen molar-refractivity contribution < 1.29 is 21.9 Å². The van der Waals surface area contributed by atoms with Crippen LogP contribution in [0.4, 0.5) is 5.69 Å². The van der Waals surface area contributed by atoms with Gasteiger partial charge in [0.1, 0.15) is 10.6 Å². The van der Waals surface area contributed by atoms with Gasteiger partial charge in [0, 0.05) is 5.02 Å². The fourth-order valence-corrected chi connectivity index (χ4v) is 5.48. The van der Waals surface area contributed by atoms with E-state index in [2.05, 4.69) is 4.72 Å². The Balaban J connectivity index is 2.15. The number of hydrogen-bond donors (Lipinski definition) is 2. The van der Waals surface area contributed by atoms with E-state index in [9.17, 15) is 21.9 Å². The molecule has 0 saturated carbocycles. The number of phenols is 1. The highest BCUT2D eigenvalue weighted by Gasteiger charge is 2.26. The Labute approximate surface area is 181 Å². The molecule has 0 atom stereocenters. The fourth-order valence-electron chi connectivity index (χ4n) is 2.89. The molecule has 0 aliphatic heterocycles. The van der Waals surface area contributed by atoms with Crippen molar-refractivity contribution in [3.8, 4) is 5.75 Å². The molecule has 0 aliphatic carbocycles. The second-order valence-corrected chi connectivity index (χ2v) is 11.0.